The molecule has 0 bridgehead atoms. The molecule has 0 spiro atoms. The summed E-state index contributed by atoms with van der Waals surface area (Å²) in [6.07, 6.45) is 0.792. The predicted molar refractivity (Wildman–Crippen MR) is 133 cm³/mol. The molecule has 0 unspecified atom stereocenters. The lowest BCUT2D eigenvalue weighted by molar-refractivity contribution is -0.114. The summed E-state index contributed by atoms with van der Waals surface area (Å²) in [6, 6.07) is 16.1. The summed E-state index contributed by atoms with van der Waals surface area (Å²) in [7, 11) is 0. The van der Waals surface area contributed by atoms with Crippen LogP contribution in [0.1, 0.15) is 34.8 Å². The van der Waals surface area contributed by atoms with Crippen molar-refractivity contribution in [1.82, 2.24) is 14.7 Å². The Balaban J connectivity index is 1.48. The Bertz CT molecular complexity index is 1270. The fourth-order valence-electron chi connectivity index (χ4n) is 4.04. The summed E-state index contributed by atoms with van der Waals surface area (Å²) in [5, 5.41) is 7.34. The van der Waals surface area contributed by atoms with E-state index in [1.807, 2.05) is 36.9 Å². The van der Waals surface area contributed by atoms with E-state index in [4.69, 9.17) is 0 Å². The van der Waals surface area contributed by atoms with Gasteiger partial charge in [-0.1, -0.05) is 6.07 Å². The van der Waals surface area contributed by atoms with Crippen LogP contribution in [0.25, 0.3) is 5.69 Å². The lowest BCUT2D eigenvalue weighted by atomic mass is 10.1. The number of carbonyl (C=O) groups excluding carboxylic acids is 2. The van der Waals surface area contributed by atoms with Gasteiger partial charge in [-0.05, 0) is 73.9 Å². The Morgan fingerprint density at radius 1 is 0.882 bits per heavy atom. The molecule has 0 aliphatic carbocycles. The Hall–Kier alpha value is -3.94. The molecule has 2 heterocycles. The SMILES string of the molecule is CC(=O)Nc1ccc(C(=O)N2CCCN(c3ccc(=O)n(-c4ccc(C)c(C)c4)n3)CC2)cc1. The summed E-state index contributed by atoms with van der Waals surface area (Å²) in [5.41, 5.74) is 4.08. The number of anilines is 2. The lowest BCUT2D eigenvalue weighted by Gasteiger charge is -2.23. The van der Waals surface area contributed by atoms with Crippen molar-refractivity contribution in [3.05, 3.63) is 81.6 Å². The molecule has 0 saturated carbocycles. The minimum absolute atomic E-state index is 0.0377. The highest BCUT2D eigenvalue weighted by Gasteiger charge is 2.21. The van der Waals surface area contributed by atoms with Crippen molar-refractivity contribution in [1.29, 1.82) is 0 Å². The van der Waals surface area contributed by atoms with Gasteiger partial charge in [0, 0.05) is 50.4 Å². The third-order valence-corrected chi connectivity index (χ3v) is 6.08. The lowest BCUT2D eigenvalue weighted by Crippen LogP contribution is -2.36. The van der Waals surface area contributed by atoms with E-state index in [1.165, 1.54) is 11.6 Å². The van der Waals surface area contributed by atoms with Crippen molar-refractivity contribution in [2.24, 2.45) is 0 Å². The minimum Gasteiger partial charge on any atom is -0.353 e. The van der Waals surface area contributed by atoms with E-state index in [9.17, 15) is 14.4 Å². The molecule has 0 atom stereocenters. The molecule has 1 aliphatic rings. The van der Waals surface area contributed by atoms with Crippen LogP contribution in [0.4, 0.5) is 11.5 Å². The van der Waals surface area contributed by atoms with Gasteiger partial charge in [0.05, 0.1) is 5.69 Å². The summed E-state index contributed by atoms with van der Waals surface area (Å²) in [4.78, 5) is 40.7. The maximum absolute atomic E-state index is 13.0. The monoisotopic (exact) mass is 459 g/mol. The van der Waals surface area contributed by atoms with Gasteiger partial charge in [0.25, 0.3) is 11.5 Å². The van der Waals surface area contributed by atoms with Gasteiger partial charge < -0.3 is 15.1 Å². The van der Waals surface area contributed by atoms with Crippen LogP contribution < -0.4 is 15.8 Å². The Labute approximate surface area is 198 Å². The van der Waals surface area contributed by atoms with Crippen LogP contribution in [-0.4, -0.2) is 52.7 Å². The summed E-state index contributed by atoms with van der Waals surface area (Å²) >= 11 is 0. The molecular weight excluding hydrogens is 430 g/mol. The topological polar surface area (TPSA) is 87.5 Å². The maximum atomic E-state index is 13.0. The second-order valence-electron chi connectivity index (χ2n) is 8.60. The molecule has 1 aromatic heterocycles. The van der Waals surface area contributed by atoms with Crippen LogP contribution in [0.5, 0.6) is 0 Å². The van der Waals surface area contributed by atoms with Crippen LogP contribution >= 0.6 is 0 Å². The number of aromatic nitrogens is 2. The van der Waals surface area contributed by atoms with E-state index >= 15 is 0 Å². The van der Waals surface area contributed by atoms with Crippen LogP contribution in [0.2, 0.25) is 0 Å². The summed E-state index contributed by atoms with van der Waals surface area (Å²) < 4.78 is 1.44. The molecule has 176 valence electrons. The Morgan fingerprint density at radius 2 is 1.65 bits per heavy atom. The largest absolute Gasteiger partial charge is 0.353 e. The highest BCUT2D eigenvalue weighted by Crippen LogP contribution is 2.17. The van der Waals surface area contributed by atoms with E-state index in [0.717, 1.165) is 29.8 Å². The van der Waals surface area contributed by atoms with Gasteiger partial charge in [-0.25, -0.2) is 0 Å². The zero-order valence-electron chi connectivity index (χ0n) is 19.7. The number of nitrogens with one attached hydrogen (secondary N) is 1. The van der Waals surface area contributed by atoms with Crippen molar-refractivity contribution in [3.8, 4) is 5.69 Å². The van der Waals surface area contributed by atoms with E-state index < -0.39 is 0 Å². The first-order valence-corrected chi connectivity index (χ1v) is 11.4. The Kier molecular flexibility index (Phi) is 6.77. The predicted octanol–water partition coefficient (Wildman–Crippen LogP) is 3.16. The Morgan fingerprint density at radius 3 is 2.35 bits per heavy atom. The number of hydrogen-bond donors (Lipinski definition) is 1. The second kappa shape index (κ2) is 9.91. The first-order chi connectivity index (χ1) is 16.3. The molecule has 2 aromatic carbocycles. The number of rotatable bonds is 4. The normalized spacial score (nSPS) is 14.0. The molecule has 8 heteroatoms. The van der Waals surface area contributed by atoms with E-state index in [2.05, 4.69) is 15.3 Å². The first kappa shape index (κ1) is 23.2. The van der Waals surface area contributed by atoms with Crippen molar-refractivity contribution in [2.45, 2.75) is 27.2 Å². The molecule has 0 radical (unpaired) electrons. The number of carbonyl (C=O) groups is 2. The average Bonchev–Trinajstić information content (AvgIpc) is 3.07. The molecule has 3 aromatic rings. The molecular formula is C26H29N5O3. The molecule has 1 fully saturated rings. The van der Waals surface area contributed by atoms with Crippen molar-refractivity contribution < 1.29 is 9.59 Å². The zero-order chi connectivity index (χ0) is 24.2. The van der Waals surface area contributed by atoms with Gasteiger partial charge in [0.15, 0.2) is 0 Å². The molecule has 1 aliphatic heterocycles. The zero-order valence-corrected chi connectivity index (χ0v) is 19.7. The first-order valence-electron chi connectivity index (χ1n) is 11.4. The van der Waals surface area contributed by atoms with Gasteiger partial charge >= 0.3 is 0 Å². The van der Waals surface area contributed by atoms with Crippen molar-refractivity contribution in [2.75, 3.05) is 36.4 Å². The molecule has 2 amide bonds. The fourth-order valence-corrected chi connectivity index (χ4v) is 4.04. The van der Waals surface area contributed by atoms with Crippen LogP contribution in [0.3, 0.4) is 0 Å². The van der Waals surface area contributed by atoms with E-state index in [-0.39, 0.29) is 17.4 Å². The van der Waals surface area contributed by atoms with Gasteiger partial charge in [-0.3, -0.25) is 14.4 Å². The van der Waals surface area contributed by atoms with Gasteiger partial charge in [0.2, 0.25) is 5.91 Å². The number of amides is 2. The van der Waals surface area contributed by atoms with Crippen LogP contribution in [0, 0.1) is 13.8 Å². The quantitative estimate of drug-likeness (QED) is 0.648. The maximum Gasteiger partial charge on any atom is 0.271 e. The highest BCUT2D eigenvalue weighted by molar-refractivity contribution is 5.95. The fraction of sp³-hybridized carbons (Fsp3) is 0.308. The summed E-state index contributed by atoms with van der Waals surface area (Å²) in [5.74, 6) is 0.528. The molecule has 34 heavy (non-hydrogen) atoms. The average molecular weight is 460 g/mol. The van der Waals surface area contributed by atoms with Gasteiger partial charge in [-0.2, -0.15) is 4.68 Å². The van der Waals surface area contributed by atoms with Gasteiger partial charge in [0.1, 0.15) is 5.82 Å². The van der Waals surface area contributed by atoms with E-state index in [1.54, 1.807) is 36.4 Å². The molecule has 1 N–H and O–H groups in total. The minimum atomic E-state index is -0.179. The number of benzene rings is 2. The highest BCUT2D eigenvalue weighted by atomic mass is 16.2. The van der Waals surface area contributed by atoms with Crippen molar-refractivity contribution in [3.63, 3.8) is 0 Å². The summed E-state index contributed by atoms with van der Waals surface area (Å²) in [6.45, 7) is 8.05. The number of nitrogens with zero attached hydrogens (tertiary/aromatic N) is 4. The van der Waals surface area contributed by atoms with Crippen molar-refractivity contribution >= 4 is 23.3 Å². The standard InChI is InChI=1S/C26H29N5O3/c1-18-5-10-23(17-19(18)2)31-25(33)12-11-24(28-31)29-13-4-14-30(16-15-29)26(34)21-6-8-22(9-7-21)27-20(3)32/h5-12,17H,4,13-16H2,1-3H3,(H,27,32). The number of aryl methyl sites for hydroxylation is 2. The second-order valence-corrected chi connectivity index (χ2v) is 8.60. The van der Waals surface area contributed by atoms with Crippen LogP contribution in [0.15, 0.2) is 59.4 Å². The third kappa shape index (κ3) is 5.17. The third-order valence-electron chi connectivity index (χ3n) is 6.08. The van der Waals surface area contributed by atoms with Crippen LogP contribution in [-0.2, 0) is 4.79 Å². The smallest absolute Gasteiger partial charge is 0.271 e. The van der Waals surface area contributed by atoms with E-state index in [0.29, 0.717) is 36.7 Å². The molecule has 4 rings (SSSR count). The van der Waals surface area contributed by atoms with Gasteiger partial charge in [-0.15, -0.1) is 5.10 Å². The number of hydrogen-bond acceptors (Lipinski definition) is 5. The molecule has 8 nitrogen and oxygen atoms in total. The molecule has 1 saturated heterocycles.